The van der Waals surface area contributed by atoms with Crippen LogP contribution in [0.2, 0.25) is 0 Å². The van der Waals surface area contributed by atoms with Crippen LogP contribution in [-0.2, 0) is 20.8 Å². The standard InChI is InChI=1S/C18H27N3O4/c1-12(2)9-14(20-16(22)11-19-3)17(23)21-15(18(24)25)10-13-7-5-4-6-8-13/h4-8,12,14-15,19H,9-11H2,1-3H3,(H,20,22)(H,21,23)(H,24,25)/t14-,15-/m0/s1. The van der Waals surface area contributed by atoms with Crippen molar-refractivity contribution in [1.82, 2.24) is 16.0 Å². The molecular formula is C18H27N3O4. The van der Waals surface area contributed by atoms with Gasteiger partial charge in [-0.15, -0.1) is 0 Å². The maximum absolute atomic E-state index is 12.5. The molecule has 0 fully saturated rings. The Hall–Kier alpha value is -2.41. The molecule has 0 aliphatic rings. The van der Waals surface area contributed by atoms with Crippen molar-refractivity contribution in [3.8, 4) is 0 Å². The van der Waals surface area contributed by atoms with Crippen LogP contribution in [0.25, 0.3) is 0 Å². The molecule has 0 bridgehead atoms. The van der Waals surface area contributed by atoms with Crippen LogP contribution in [0.1, 0.15) is 25.8 Å². The Morgan fingerprint density at radius 2 is 1.68 bits per heavy atom. The van der Waals surface area contributed by atoms with E-state index >= 15 is 0 Å². The molecule has 0 unspecified atom stereocenters. The van der Waals surface area contributed by atoms with Gasteiger partial charge in [0.05, 0.1) is 6.54 Å². The molecule has 25 heavy (non-hydrogen) atoms. The molecule has 7 nitrogen and oxygen atoms in total. The normalized spacial score (nSPS) is 13.1. The lowest BCUT2D eigenvalue weighted by atomic mass is 10.0. The van der Waals surface area contributed by atoms with Crippen LogP contribution in [-0.4, -0.2) is 48.6 Å². The Morgan fingerprint density at radius 1 is 1.04 bits per heavy atom. The second-order valence-corrected chi connectivity index (χ2v) is 6.37. The summed E-state index contributed by atoms with van der Waals surface area (Å²) in [5, 5.41) is 17.3. The van der Waals surface area contributed by atoms with Gasteiger partial charge in [-0.2, -0.15) is 0 Å². The molecule has 0 spiro atoms. The summed E-state index contributed by atoms with van der Waals surface area (Å²) in [5.74, 6) is -1.73. The first-order chi connectivity index (χ1) is 11.8. The third-order valence-corrected chi connectivity index (χ3v) is 3.59. The Kier molecular flexibility index (Phi) is 8.63. The lowest BCUT2D eigenvalue weighted by Crippen LogP contribution is -2.53. The highest BCUT2D eigenvalue weighted by molar-refractivity contribution is 5.90. The average molecular weight is 349 g/mol. The molecule has 4 N–H and O–H groups in total. The number of amides is 2. The number of hydrogen-bond donors (Lipinski definition) is 4. The topological polar surface area (TPSA) is 108 Å². The molecule has 0 radical (unpaired) electrons. The molecule has 0 heterocycles. The van der Waals surface area contributed by atoms with E-state index in [0.717, 1.165) is 5.56 Å². The van der Waals surface area contributed by atoms with Gasteiger partial charge < -0.3 is 21.1 Å². The van der Waals surface area contributed by atoms with Crippen molar-refractivity contribution in [2.45, 2.75) is 38.8 Å². The van der Waals surface area contributed by atoms with Crippen LogP contribution in [0, 0.1) is 5.92 Å². The second kappa shape index (κ2) is 10.5. The van der Waals surface area contributed by atoms with E-state index in [1.165, 1.54) is 0 Å². The van der Waals surface area contributed by atoms with E-state index < -0.39 is 24.0 Å². The van der Waals surface area contributed by atoms with Gasteiger partial charge in [-0.25, -0.2) is 4.79 Å². The van der Waals surface area contributed by atoms with Crippen molar-refractivity contribution in [3.05, 3.63) is 35.9 Å². The van der Waals surface area contributed by atoms with Crippen molar-refractivity contribution in [1.29, 1.82) is 0 Å². The largest absolute Gasteiger partial charge is 0.480 e. The highest BCUT2D eigenvalue weighted by atomic mass is 16.4. The minimum atomic E-state index is -1.11. The number of aliphatic carboxylic acids is 1. The Bertz CT molecular complexity index is 575. The van der Waals surface area contributed by atoms with E-state index in [1.54, 1.807) is 7.05 Å². The number of carbonyl (C=O) groups is 3. The van der Waals surface area contributed by atoms with Gasteiger partial charge in [0.1, 0.15) is 12.1 Å². The summed E-state index contributed by atoms with van der Waals surface area (Å²) in [5.41, 5.74) is 0.815. The Balaban J connectivity index is 2.79. The molecule has 2 atom stereocenters. The fraction of sp³-hybridized carbons (Fsp3) is 0.500. The zero-order chi connectivity index (χ0) is 18.8. The van der Waals surface area contributed by atoms with Crippen LogP contribution < -0.4 is 16.0 Å². The van der Waals surface area contributed by atoms with E-state index in [-0.39, 0.29) is 24.8 Å². The smallest absolute Gasteiger partial charge is 0.326 e. The summed E-state index contributed by atoms with van der Waals surface area (Å²) < 4.78 is 0. The monoisotopic (exact) mass is 349 g/mol. The predicted octanol–water partition coefficient (Wildman–Crippen LogP) is 0.549. The van der Waals surface area contributed by atoms with Crippen LogP contribution in [0.5, 0.6) is 0 Å². The molecule has 7 heteroatoms. The number of likely N-dealkylation sites (N-methyl/N-ethyl adjacent to an activating group) is 1. The fourth-order valence-electron chi connectivity index (χ4n) is 2.43. The van der Waals surface area contributed by atoms with Gasteiger partial charge in [-0.3, -0.25) is 9.59 Å². The third-order valence-electron chi connectivity index (χ3n) is 3.59. The van der Waals surface area contributed by atoms with Crippen molar-refractivity contribution in [2.24, 2.45) is 5.92 Å². The number of benzene rings is 1. The number of rotatable bonds is 10. The van der Waals surface area contributed by atoms with Crippen LogP contribution in [0.15, 0.2) is 30.3 Å². The highest BCUT2D eigenvalue weighted by Crippen LogP contribution is 2.08. The molecule has 1 rings (SSSR count). The molecule has 0 saturated carbocycles. The number of carboxylic acids is 1. The lowest BCUT2D eigenvalue weighted by molar-refractivity contribution is -0.142. The number of hydrogen-bond acceptors (Lipinski definition) is 4. The van der Waals surface area contributed by atoms with Gasteiger partial charge in [0.25, 0.3) is 0 Å². The molecule has 0 saturated heterocycles. The number of nitrogens with one attached hydrogen (secondary N) is 3. The van der Waals surface area contributed by atoms with Crippen molar-refractivity contribution >= 4 is 17.8 Å². The molecule has 0 aromatic heterocycles. The third kappa shape index (κ3) is 7.80. The van der Waals surface area contributed by atoms with Gasteiger partial charge >= 0.3 is 5.97 Å². The zero-order valence-electron chi connectivity index (χ0n) is 14.9. The van der Waals surface area contributed by atoms with Gasteiger partial charge in [0, 0.05) is 6.42 Å². The maximum atomic E-state index is 12.5. The second-order valence-electron chi connectivity index (χ2n) is 6.37. The average Bonchev–Trinajstić information content (AvgIpc) is 2.54. The molecule has 2 amide bonds. The summed E-state index contributed by atoms with van der Waals surface area (Å²) in [7, 11) is 1.64. The van der Waals surface area contributed by atoms with Crippen LogP contribution in [0.3, 0.4) is 0 Å². The van der Waals surface area contributed by atoms with Gasteiger partial charge in [-0.1, -0.05) is 44.2 Å². The SMILES string of the molecule is CNCC(=O)N[C@@H](CC(C)C)C(=O)N[C@@H](Cc1ccccc1)C(=O)O. The number of carboxylic acid groups (broad SMARTS) is 1. The molecule has 1 aromatic rings. The first kappa shape index (κ1) is 20.6. The van der Waals surface area contributed by atoms with Crippen LogP contribution >= 0.6 is 0 Å². The first-order valence-corrected chi connectivity index (χ1v) is 8.34. The molecule has 1 aromatic carbocycles. The zero-order valence-corrected chi connectivity index (χ0v) is 14.9. The van der Waals surface area contributed by atoms with Crippen molar-refractivity contribution < 1.29 is 19.5 Å². The Morgan fingerprint density at radius 3 is 2.20 bits per heavy atom. The van der Waals surface area contributed by atoms with E-state index in [2.05, 4.69) is 16.0 Å². The quantitative estimate of drug-likeness (QED) is 0.493. The van der Waals surface area contributed by atoms with Crippen molar-refractivity contribution in [2.75, 3.05) is 13.6 Å². The lowest BCUT2D eigenvalue weighted by Gasteiger charge is -2.23. The summed E-state index contributed by atoms with van der Waals surface area (Å²) in [6, 6.07) is 7.27. The maximum Gasteiger partial charge on any atom is 0.326 e. The molecule has 0 aliphatic carbocycles. The predicted molar refractivity (Wildman–Crippen MR) is 95.0 cm³/mol. The van der Waals surface area contributed by atoms with E-state index in [1.807, 2.05) is 44.2 Å². The minimum Gasteiger partial charge on any atom is -0.480 e. The van der Waals surface area contributed by atoms with Gasteiger partial charge in [-0.05, 0) is 24.9 Å². The van der Waals surface area contributed by atoms with E-state index in [0.29, 0.717) is 6.42 Å². The summed E-state index contributed by atoms with van der Waals surface area (Å²) in [6.45, 7) is 3.96. The first-order valence-electron chi connectivity index (χ1n) is 8.34. The number of carbonyl (C=O) groups excluding carboxylic acids is 2. The van der Waals surface area contributed by atoms with E-state index in [4.69, 9.17) is 0 Å². The highest BCUT2D eigenvalue weighted by Gasteiger charge is 2.27. The summed E-state index contributed by atoms with van der Waals surface area (Å²) in [6.07, 6.45) is 0.611. The summed E-state index contributed by atoms with van der Waals surface area (Å²) in [4.78, 5) is 35.8. The van der Waals surface area contributed by atoms with Crippen molar-refractivity contribution in [3.63, 3.8) is 0 Å². The van der Waals surface area contributed by atoms with Gasteiger partial charge in [0.15, 0.2) is 0 Å². The molecular weight excluding hydrogens is 322 g/mol. The Labute approximate surface area is 148 Å². The summed E-state index contributed by atoms with van der Waals surface area (Å²) >= 11 is 0. The fourth-order valence-corrected chi connectivity index (χ4v) is 2.43. The molecule has 138 valence electrons. The molecule has 0 aliphatic heterocycles. The van der Waals surface area contributed by atoms with E-state index in [9.17, 15) is 19.5 Å². The van der Waals surface area contributed by atoms with Gasteiger partial charge in [0.2, 0.25) is 11.8 Å². The van der Waals surface area contributed by atoms with Crippen LogP contribution in [0.4, 0.5) is 0 Å². The minimum absolute atomic E-state index is 0.0915.